The minimum atomic E-state index is 0.479. The summed E-state index contributed by atoms with van der Waals surface area (Å²) in [5.41, 5.74) is 28.0. The number of benzene rings is 4. The predicted molar refractivity (Wildman–Crippen MR) is 256 cm³/mol. The number of aliphatic imine (C=N–C) groups is 2. The number of nitrogens with two attached hydrogens (primary N) is 2. The van der Waals surface area contributed by atoms with E-state index in [1.54, 1.807) is 24.4 Å². The van der Waals surface area contributed by atoms with Crippen molar-refractivity contribution in [2.75, 3.05) is 87.7 Å². The van der Waals surface area contributed by atoms with Crippen molar-refractivity contribution in [3.63, 3.8) is 0 Å². The molecule has 13 nitrogen and oxygen atoms in total. The van der Waals surface area contributed by atoms with E-state index >= 15 is 0 Å². The van der Waals surface area contributed by atoms with Gasteiger partial charge in [0.15, 0.2) is 6.29 Å². The van der Waals surface area contributed by atoms with Crippen molar-refractivity contribution in [3.8, 4) is 11.4 Å². The highest BCUT2D eigenvalue weighted by Crippen LogP contribution is 2.35. The molecule has 5 N–H and O–H groups in total. The number of aldehydes is 1. The summed E-state index contributed by atoms with van der Waals surface area (Å²) in [5.74, 6) is 0.812. The number of H-pyrrole nitrogens is 1. The molecule has 4 aliphatic heterocycles. The predicted octanol–water partition coefficient (Wildman–Crippen LogP) is 7.23. The average molecular weight is 837 g/mol. The Labute approximate surface area is 367 Å². The molecule has 7 heterocycles. The number of nitrogens with zero attached hydrogens (tertiary/aromatic N) is 9. The molecule has 318 valence electrons. The Kier molecular flexibility index (Phi) is 12.0. The van der Waals surface area contributed by atoms with Gasteiger partial charge in [0.1, 0.15) is 11.5 Å². The first-order valence-corrected chi connectivity index (χ1v) is 21.5. The van der Waals surface area contributed by atoms with Crippen LogP contribution in [0.15, 0.2) is 132 Å². The van der Waals surface area contributed by atoms with Crippen LogP contribution in [0.4, 0.5) is 34.1 Å². The number of pyridine rings is 2. The number of nitrogen functional groups attached to an aromatic ring is 2. The van der Waals surface area contributed by atoms with Crippen LogP contribution in [0.1, 0.15) is 32.9 Å². The summed E-state index contributed by atoms with van der Waals surface area (Å²) >= 11 is 0. The standard InChI is InChI=1S/C26H25N5.C18H22N6.C6H5NO/c1-30-10-12-31(13-11-30)21-6-8-23-20(15-21)16-25(28-23)18-5-7-22-19(14-18)17-26(29-22)24-4-2-3-9-27-24;1-23-6-8-24(9-7-23)13-3-5-16-17(11-13)22-18(21-16)12-2-4-14(19)15(20)10-12;8-5-6-3-1-2-4-7-6/h2-9,14-15H,10-13,16-17H2,1H3;2-5,10-11H,6-9,19-20H2,1H3,(H,21,22);1-5H. The molecule has 0 aliphatic carbocycles. The third kappa shape index (κ3) is 9.49. The number of imidazole rings is 1. The zero-order valence-corrected chi connectivity index (χ0v) is 35.8. The molecule has 0 spiro atoms. The van der Waals surface area contributed by atoms with Gasteiger partial charge in [-0.25, -0.2) is 4.98 Å². The summed E-state index contributed by atoms with van der Waals surface area (Å²) in [6.07, 6.45) is 5.86. The Hall–Kier alpha value is -7.22. The van der Waals surface area contributed by atoms with Crippen molar-refractivity contribution in [2.24, 2.45) is 9.98 Å². The van der Waals surface area contributed by atoms with E-state index in [4.69, 9.17) is 21.5 Å². The fraction of sp³-hybridized carbons (Fsp3) is 0.240. The highest BCUT2D eigenvalue weighted by atomic mass is 16.1. The molecule has 4 aromatic carbocycles. The van der Waals surface area contributed by atoms with Crippen molar-refractivity contribution in [1.82, 2.24) is 29.7 Å². The lowest BCUT2D eigenvalue weighted by molar-refractivity contribution is 0.111. The van der Waals surface area contributed by atoms with Crippen molar-refractivity contribution in [1.29, 1.82) is 0 Å². The molecule has 63 heavy (non-hydrogen) atoms. The van der Waals surface area contributed by atoms with Gasteiger partial charge in [-0.3, -0.25) is 24.7 Å². The van der Waals surface area contributed by atoms with E-state index in [-0.39, 0.29) is 0 Å². The zero-order chi connectivity index (χ0) is 43.3. The van der Waals surface area contributed by atoms with Crippen LogP contribution in [-0.4, -0.2) is 114 Å². The second kappa shape index (κ2) is 18.4. The number of hydrogen-bond acceptors (Lipinski definition) is 12. The fourth-order valence-corrected chi connectivity index (χ4v) is 8.24. The molecule has 3 aromatic heterocycles. The van der Waals surface area contributed by atoms with Crippen LogP contribution in [0.3, 0.4) is 0 Å². The summed E-state index contributed by atoms with van der Waals surface area (Å²) in [6.45, 7) is 8.72. The molecule has 11 rings (SSSR count). The number of aromatic nitrogens is 4. The smallest absolute Gasteiger partial charge is 0.168 e. The van der Waals surface area contributed by atoms with Gasteiger partial charge in [0.2, 0.25) is 0 Å². The minimum Gasteiger partial charge on any atom is -0.397 e. The molecule has 7 aromatic rings. The van der Waals surface area contributed by atoms with Crippen LogP contribution < -0.4 is 21.3 Å². The van der Waals surface area contributed by atoms with Crippen molar-refractivity contribution >= 4 is 62.9 Å². The first-order chi connectivity index (χ1) is 30.8. The number of rotatable bonds is 6. The van der Waals surface area contributed by atoms with Crippen LogP contribution in [0, 0.1) is 0 Å². The summed E-state index contributed by atoms with van der Waals surface area (Å²) < 4.78 is 0. The summed E-state index contributed by atoms with van der Waals surface area (Å²) in [5, 5.41) is 0. The van der Waals surface area contributed by atoms with E-state index in [1.807, 2.05) is 42.6 Å². The first-order valence-electron chi connectivity index (χ1n) is 21.5. The topological polar surface area (TPSA) is 161 Å². The number of likely N-dealkylation sites (N-methyl/N-ethyl adjacent to an activating group) is 2. The summed E-state index contributed by atoms with van der Waals surface area (Å²) in [6, 6.07) is 36.5. The van der Waals surface area contributed by atoms with Gasteiger partial charge in [0.05, 0.1) is 50.9 Å². The van der Waals surface area contributed by atoms with E-state index in [1.165, 1.54) is 28.1 Å². The van der Waals surface area contributed by atoms with Gasteiger partial charge in [-0.05, 0) is 122 Å². The molecular weight excluding hydrogens is 785 g/mol. The number of nitrogens with one attached hydrogen (secondary N) is 1. The largest absolute Gasteiger partial charge is 0.397 e. The Morgan fingerprint density at radius 3 is 1.86 bits per heavy atom. The quantitative estimate of drug-likeness (QED) is 0.115. The van der Waals surface area contributed by atoms with Crippen LogP contribution in [-0.2, 0) is 12.8 Å². The molecule has 0 atom stereocenters. The molecule has 4 aliphatic rings. The molecule has 0 bridgehead atoms. The second-order valence-corrected chi connectivity index (χ2v) is 16.4. The van der Waals surface area contributed by atoms with E-state index in [0.29, 0.717) is 17.1 Å². The number of aromatic amines is 1. The number of piperazine rings is 2. The second-order valence-electron chi connectivity index (χ2n) is 16.4. The average Bonchev–Trinajstić information content (AvgIpc) is 4.08. The van der Waals surface area contributed by atoms with Crippen LogP contribution in [0.2, 0.25) is 0 Å². The van der Waals surface area contributed by atoms with Crippen LogP contribution in [0.5, 0.6) is 0 Å². The Morgan fingerprint density at radius 2 is 1.21 bits per heavy atom. The monoisotopic (exact) mass is 836 g/mol. The third-order valence-electron chi connectivity index (χ3n) is 12.0. The molecule has 0 amide bonds. The minimum absolute atomic E-state index is 0.479. The highest BCUT2D eigenvalue weighted by molar-refractivity contribution is 6.09. The Bertz CT molecular complexity index is 2790. The van der Waals surface area contributed by atoms with Gasteiger partial charge in [-0.2, -0.15) is 0 Å². The zero-order valence-electron chi connectivity index (χ0n) is 35.8. The molecule has 0 radical (unpaired) electrons. The SMILES string of the molecule is CN1CCN(c2ccc3c(c2)CC(c2ccc4c(c2)CC(c2ccccn2)=N4)=N3)CC1.CN1CCN(c2ccc3nc(-c4ccc(N)c(N)c4)[nH]c3c2)CC1.O=Cc1ccccn1. The maximum absolute atomic E-state index is 9.94. The van der Waals surface area contributed by atoms with Crippen molar-refractivity contribution in [2.45, 2.75) is 12.8 Å². The highest BCUT2D eigenvalue weighted by Gasteiger charge is 2.23. The number of carbonyl (C=O) groups is 1. The summed E-state index contributed by atoms with van der Waals surface area (Å²) in [4.78, 5) is 45.6. The Morgan fingerprint density at radius 1 is 0.587 bits per heavy atom. The molecular formula is C50H52N12O. The van der Waals surface area contributed by atoms with Crippen LogP contribution in [0.25, 0.3) is 22.4 Å². The lowest BCUT2D eigenvalue weighted by Gasteiger charge is -2.34. The molecule has 13 heteroatoms. The van der Waals surface area contributed by atoms with E-state index in [0.717, 1.165) is 122 Å². The van der Waals surface area contributed by atoms with Gasteiger partial charge in [-0.15, -0.1) is 0 Å². The lowest BCUT2D eigenvalue weighted by atomic mass is 9.99. The number of carbonyl (C=O) groups excluding carboxylic acids is 1. The molecule has 0 saturated carbocycles. The van der Waals surface area contributed by atoms with Crippen molar-refractivity contribution < 1.29 is 4.79 Å². The number of fused-ring (bicyclic) bond motifs is 3. The van der Waals surface area contributed by atoms with Gasteiger partial charge >= 0.3 is 0 Å². The van der Waals surface area contributed by atoms with Crippen molar-refractivity contribution in [3.05, 3.63) is 150 Å². The van der Waals surface area contributed by atoms with Gasteiger partial charge in [0, 0.05) is 94.5 Å². The van der Waals surface area contributed by atoms with Gasteiger partial charge in [0.25, 0.3) is 0 Å². The fourth-order valence-electron chi connectivity index (χ4n) is 8.24. The maximum Gasteiger partial charge on any atom is 0.168 e. The maximum atomic E-state index is 9.94. The van der Waals surface area contributed by atoms with Gasteiger partial charge < -0.3 is 36.1 Å². The van der Waals surface area contributed by atoms with E-state index in [2.05, 4.69) is 108 Å². The number of hydrogen-bond donors (Lipinski definition) is 3. The lowest BCUT2D eigenvalue weighted by Crippen LogP contribution is -2.44. The number of anilines is 4. The van der Waals surface area contributed by atoms with E-state index < -0.39 is 0 Å². The van der Waals surface area contributed by atoms with E-state index in [9.17, 15) is 4.79 Å². The molecule has 2 saturated heterocycles. The first kappa shape index (κ1) is 41.1. The molecule has 2 fully saturated rings. The normalized spacial score (nSPS) is 16.0. The van der Waals surface area contributed by atoms with Crippen LogP contribution >= 0.6 is 0 Å². The molecule has 0 unspecified atom stereocenters. The summed E-state index contributed by atoms with van der Waals surface area (Å²) in [7, 11) is 4.36. The van der Waals surface area contributed by atoms with Gasteiger partial charge in [-0.1, -0.05) is 18.2 Å². The Balaban J connectivity index is 0.000000139. The third-order valence-corrected chi connectivity index (χ3v) is 12.0.